The van der Waals surface area contributed by atoms with Gasteiger partial charge in [0.15, 0.2) is 0 Å². The van der Waals surface area contributed by atoms with Crippen LogP contribution in [-0.2, 0) is 4.74 Å². The Balaban J connectivity index is 2.97. The molecule has 3 nitrogen and oxygen atoms in total. The number of methoxy groups -OCH3 is 1. The molecule has 21 heavy (non-hydrogen) atoms. The van der Waals surface area contributed by atoms with Crippen molar-refractivity contribution in [1.29, 1.82) is 0 Å². The van der Waals surface area contributed by atoms with E-state index in [1.165, 1.54) is 0 Å². The minimum atomic E-state index is -4.12. The Hall–Kier alpha value is -0.330. The van der Waals surface area contributed by atoms with Crippen molar-refractivity contribution in [3.05, 3.63) is 0 Å². The van der Waals surface area contributed by atoms with Crippen LogP contribution in [0.4, 0.5) is 13.2 Å². The highest BCUT2D eigenvalue weighted by Crippen LogP contribution is 2.44. The average molecular weight is 310 g/mol. The van der Waals surface area contributed by atoms with E-state index in [-0.39, 0.29) is 25.4 Å². The highest BCUT2D eigenvalue weighted by molar-refractivity contribution is 4.99. The molecule has 3 atom stereocenters. The molecule has 2 N–H and O–H groups in total. The Morgan fingerprint density at radius 2 is 2.10 bits per heavy atom. The first kappa shape index (κ1) is 18.7. The molecule has 0 radical (unpaired) electrons. The largest absolute Gasteiger partial charge is 0.391 e. The minimum absolute atomic E-state index is 0.112. The Bertz CT molecular complexity index is 312. The summed E-state index contributed by atoms with van der Waals surface area (Å²) in [6.07, 6.45) is -1.57. The quantitative estimate of drug-likeness (QED) is 0.785. The summed E-state index contributed by atoms with van der Waals surface area (Å²) in [4.78, 5) is 2.16. The second-order valence-corrected chi connectivity index (χ2v) is 6.21. The zero-order chi connectivity index (χ0) is 16.1. The third-order valence-corrected chi connectivity index (χ3v) is 4.93. The number of halogens is 3. The van der Waals surface area contributed by atoms with Gasteiger partial charge in [0, 0.05) is 31.8 Å². The molecule has 0 heterocycles. The summed E-state index contributed by atoms with van der Waals surface area (Å²) >= 11 is 0. The summed E-state index contributed by atoms with van der Waals surface area (Å²) in [6.45, 7) is 5.53. The molecule has 1 fully saturated rings. The first-order chi connectivity index (χ1) is 9.80. The van der Waals surface area contributed by atoms with Crippen molar-refractivity contribution in [1.82, 2.24) is 4.90 Å². The van der Waals surface area contributed by atoms with Crippen molar-refractivity contribution in [3.8, 4) is 0 Å². The van der Waals surface area contributed by atoms with Crippen molar-refractivity contribution < 1.29 is 17.9 Å². The maximum atomic E-state index is 13.1. The Morgan fingerprint density at radius 1 is 1.43 bits per heavy atom. The van der Waals surface area contributed by atoms with Crippen LogP contribution in [-0.4, -0.2) is 49.5 Å². The number of nitrogens with two attached hydrogens (primary N) is 1. The van der Waals surface area contributed by atoms with E-state index >= 15 is 0 Å². The van der Waals surface area contributed by atoms with Gasteiger partial charge in [-0.05, 0) is 32.6 Å². The Morgan fingerprint density at radius 3 is 2.57 bits per heavy atom. The van der Waals surface area contributed by atoms with Gasteiger partial charge in [0.05, 0.1) is 12.5 Å². The van der Waals surface area contributed by atoms with Gasteiger partial charge in [-0.1, -0.05) is 13.3 Å². The van der Waals surface area contributed by atoms with E-state index in [2.05, 4.69) is 18.7 Å². The van der Waals surface area contributed by atoms with E-state index in [0.717, 1.165) is 12.8 Å². The molecule has 3 unspecified atom stereocenters. The zero-order valence-electron chi connectivity index (χ0n) is 13.4. The summed E-state index contributed by atoms with van der Waals surface area (Å²) in [5.74, 6) is -1.23. The molecule has 1 aliphatic carbocycles. The number of ether oxygens (including phenoxy) is 1. The number of nitrogens with zero attached hydrogens (tertiary/aromatic N) is 1. The SMILES string of the molecule is CCC(C)N(CCOC)C1(CN)CCCC(C(F)(F)F)C1. The molecule has 1 rings (SSSR count). The van der Waals surface area contributed by atoms with Crippen molar-refractivity contribution in [3.63, 3.8) is 0 Å². The molecular formula is C15H29F3N2O. The average Bonchev–Trinajstić information content (AvgIpc) is 2.46. The molecule has 0 aromatic carbocycles. The van der Waals surface area contributed by atoms with Gasteiger partial charge >= 0.3 is 6.18 Å². The second-order valence-electron chi connectivity index (χ2n) is 6.21. The van der Waals surface area contributed by atoms with E-state index in [0.29, 0.717) is 19.6 Å². The van der Waals surface area contributed by atoms with Crippen LogP contribution in [0, 0.1) is 5.92 Å². The van der Waals surface area contributed by atoms with Crippen molar-refractivity contribution in [2.24, 2.45) is 11.7 Å². The van der Waals surface area contributed by atoms with E-state index in [9.17, 15) is 13.2 Å². The van der Waals surface area contributed by atoms with Crippen molar-refractivity contribution >= 4 is 0 Å². The fourth-order valence-electron chi connectivity index (χ4n) is 3.52. The van der Waals surface area contributed by atoms with Crippen LogP contribution in [0.5, 0.6) is 0 Å². The van der Waals surface area contributed by atoms with Crippen molar-refractivity contribution in [2.45, 2.75) is 63.7 Å². The molecule has 1 saturated carbocycles. The molecule has 126 valence electrons. The molecule has 6 heteroatoms. The predicted molar refractivity (Wildman–Crippen MR) is 78.1 cm³/mol. The van der Waals surface area contributed by atoms with Crippen LogP contribution in [0.3, 0.4) is 0 Å². The van der Waals surface area contributed by atoms with Gasteiger partial charge in [0.1, 0.15) is 0 Å². The minimum Gasteiger partial charge on any atom is -0.383 e. The summed E-state index contributed by atoms with van der Waals surface area (Å²) < 4.78 is 44.5. The smallest absolute Gasteiger partial charge is 0.383 e. The fraction of sp³-hybridized carbons (Fsp3) is 1.00. The third-order valence-electron chi connectivity index (χ3n) is 4.93. The molecule has 0 aromatic heterocycles. The molecule has 0 saturated heterocycles. The van der Waals surface area contributed by atoms with Crippen molar-refractivity contribution in [2.75, 3.05) is 26.8 Å². The summed E-state index contributed by atoms with van der Waals surface area (Å²) in [5, 5.41) is 0. The molecule has 0 aromatic rings. The van der Waals surface area contributed by atoms with E-state index < -0.39 is 17.6 Å². The molecular weight excluding hydrogens is 281 g/mol. The Kier molecular flexibility index (Phi) is 6.94. The van der Waals surface area contributed by atoms with Crippen LogP contribution >= 0.6 is 0 Å². The number of rotatable bonds is 7. The fourth-order valence-corrected chi connectivity index (χ4v) is 3.52. The van der Waals surface area contributed by atoms with E-state index in [4.69, 9.17) is 10.5 Å². The zero-order valence-corrected chi connectivity index (χ0v) is 13.4. The standard InChI is InChI=1S/C15H29F3N2O/c1-4-12(2)20(8-9-21-3)14(11-19)7-5-6-13(10-14)15(16,17)18/h12-13H,4-11,19H2,1-3H3. The monoisotopic (exact) mass is 310 g/mol. The second kappa shape index (κ2) is 7.79. The van der Waals surface area contributed by atoms with Gasteiger partial charge < -0.3 is 10.5 Å². The van der Waals surface area contributed by atoms with Gasteiger partial charge in [0.2, 0.25) is 0 Å². The van der Waals surface area contributed by atoms with Crippen LogP contribution < -0.4 is 5.73 Å². The normalized spacial score (nSPS) is 28.9. The molecule has 0 bridgehead atoms. The number of hydrogen-bond acceptors (Lipinski definition) is 3. The predicted octanol–water partition coefficient (Wildman–Crippen LogP) is 3.18. The molecule has 0 aliphatic heterocycles. The molecule has 0 amide bonds. The summed E-state index contributed by atoms with van der Waals surface area (Å²) in [6, 6.07) is 0.204. The molecule has 1 aliphatic rings. The highest BCUT2D eigenvalue weighted by atomic mass is 19.4. The summed E-state index contributed by atoms with van der Waals surface area (Å²) in [7, 11) is 1.61. The lowest BCUT2D eigenvalue weighted by molar-refractivity contribution is -0.195. The lowest BCUT2D eigenvalue weighted by atomic mass is 9.73. The van der Waals surface area contributed by atoms with Gasteiger partial charge in [-0.3, -0.25) is 4.90 Å². The van der Waals surface area contributed by atoms with E-state index in [1.807, 2.05) is 0 Å². The van der Waals surface area contributed by atoms with Gasteiger partial charge in [0.25, 0.3) is 0 Å². The van der Waals surface area contributed by atoms with Gasteiger partial charge in [-0.2, -0.15) is 13.2 Å². The van der Waals surface area contributed by atoms with Crippen LogP contribution in [0.1, 0.15) is 46.0 Å². The third kappa shape index (κ3) is 4.57. The molecule has 0 spiro atoms. The first-order valence-electron chi connectivity index (χ1n) is 7.83. The van der Waals surface area contributed by atoms with Crippen LogP contribution in [0.15, 0.2) is 0 Å². The lowest BCUT2D eigenvalue weighted by Gasteiger charge is -2.51. The summed E-state index contributed by atoms with van der Waals surface area (Å²) in [5.41, 5.74) is 5.41. The number of hydrogen-bond donors (Lipinski definition) is 1. The van der Waals surface area contributed by atoms with Crippen LogP contribution in [0.2, 0.25) is 0 Å². The maximum absolute atomic E-state index is 13.1. The lowest BCUT2D eigenvalue weighted by Crippen LogP contribution is -2.60. The van der Waals surface area contributed by atoms with Gasteiger partial charge in [-0.15, -0.1) is 0 Å². The maximum Gasteiger partial charge on any atom is 0.391 e. The highest BCUT2D eigenvalue weighted by Gasteiger charge is 2.49. The topological polar surface area (TPSA) is 38.5 Å². The Labute approximate surface area is 126 Å². The number of alkyl halides is 3. The van der Waals surface area contributed by atoms with E-state index in [1.54, 1.807) is 7.11 Å². The van der Waals surface area contributed by atoms with Gasteiger partial charge in [-0.25, -0.2) is 0 Å². The van der Waals surface area contributed by atoms with Crippen LogP contribution in [0.25, 0.3) is 0 Å². The first-order valence-corrected chi connectivity index (χ1v) is 7.83.